The first-order chi connectivity index (χ1) is 9.20. The summed E-state index contributed by atoms with van der Waals surface area (Å²) in [6, 6.07) is 7.81. The Labute approximate surface area is 113 Å². The zero-order chi connectivity index (χ0) is 13.7. The Morgan fingerprint density at radius 3 is 3.00 bits per heavy atom. The summed E-state index contributed by atoms with van der Waals surface area (Å²) in [5.41, 5.74) is 6.71. The fraction of sp³-hybridized carbons (Fsp3) is 0.400. The molecule has 0 aliphatic carbocycles. The molecular formula is C15H20N2O2. The Hall–Kier alpha value is -1.81. The van der Waals surface area contributed by atoms with E-state index in [9.17, 15) is 4.79 Å². The third kappa shape index (κ3) is 3.58. The quantitative estimate of drug-likeness (QED) is 0.838. The van der Waals surface area contributed by atoms with Crippen LogP contribution in [-0.2, 0) is 4.79 Å². The molecule has 0 radical (unpaired) electrons. The van der Waals surface area contributed by atoms with Crippen molar-refractivity contribution in [1.82, 2.24) is 4.90 Å². The first-order valence-corrected chi connectivity index (χ1v) is 6.65. The Balaban J connectivity index is 2.04. The van der Waals surface area contributed by atoms with Crippen molar-refractivity contribution in [3.05, 3.63) is 35.9 Å². The molecule has 1 amide bonds. The van der Waals surface area contributed by atoms with Crippen LogP contribution in [0, 0.1) is 0 Å². The number of hydrogen-bond donors (Lipinski definition) is 1. The molecule has 1 aromatic carbocycles. The second-order valence-corrected chi connectivity index (χ2v) is 4.64. The van der Waals surface area contributed by atoms with Gasteiger partial charge in [-0.2, -0.15) is 0 Å². The van der Waals surface area contributed by atoms with Crippen molar-refractivity contribution in [1.29, 1.82) is 0 Å². The van der Waals surface area contributed by atoms with E-state index < -0.39 is 0 Å². The molecule has 0 saturated carbocycles. The molecular weight excluding hydrogens is 240 g/mol. The predicted octanol–water partition coefficient (Wildman–Crippen LogP) is 1.66. The molecule has 4 nitrogen and oxygen atoms in total. The maximum Gasteiger partial charge on any atom is 0.246 e. The topological polar surface area (TPSA) is 55.6 Å². The molecule has 1 saturated heterocycles. The summed E-state index contributed by atoms with van der Waals surface area (Å²) in [5.74, 6) is 0.812. The molecule has 0 unspecified atom stereocenters. The van der Waals surface area contributed by atoms with Gasteiger partial charge in [0.1, 0.15) is 5.75 Å². The average Bonchev–Trinajstić information content (AvgIpc) is 2.84. The van der Waals surface area contributed by atoms with Crippen LogP contribution in [0.1, 0.15) is 18.9 Å². The second kappa shape index (κ2) is 6.38. The van der Waals surface area contributed by atoms with Gasteiger partial charge in [-0.05, 0) is 25.5 Å². The summed E-state index contributed by atoms with van der Waals surface area (Å²) in [6.45, 7) is 3.95. The van der Waals surface area contributed by atoms with Crippen LogP contribution >= 0.6 is 0 Å². The van der Waals surface area contributed by atoms with Crippen LogP contribution in [0.25, 0.3) is 6.08 Å². The van der Waals surface area contributed by atoms with Gasteiger partial charge in [-0.15, -0.1) is 0 Å². The van der Waals surface area contributed by atoms with E-state index >= 15 is 0 Å². The summed E-state index contributed by atoms with van der Waals surface area (Å²) in [7, 11) is 0. The van der Waals surface area contributed by atoms with E-state index in [1.807, 2.05) is 31.2 Å². The van der Waals surface area contributed by atoms with E-state index in [4.69, 9.17) is 10.5 Å². The van der Waals surface area contributed by atoms with Crippen LogP contribution in [0.2, 0.25) is 0 Å². The van der Waals surface area contributed by atoms with Gasteiger partial charge in [0.25, 0.3) is 0 Å². The number of amides is 1. The molecule has 2 rings (SSSR count). The normalized spacial score (nSPS) is 19.1. The minimum atomic E-state index is 0.0132. The second-order valence-electron chi connectivity index (χ2n) is 4.64. The van der Waals surface area contributed by atoms with Crippen LogP contribution in [0.4, 0.5) is 0 Å². The number of hydrogen-bond acceptors (Lipinski definition) is 3. The van der Waals surface area contributed by atoms with E-state index in [-0.39, 0.29) is 11.9 Å². The van der Waals surface area contributed by atoms with E-state index in [1.165, 1.54) is 0 Å². The van der Waals surface area contributed by atoms with Gasteiger partial charge in [0, 0.05) is 30.8 Å². The molecule has 1 atom stereocenters. The minimum Gasteiger partial charge on any atom is -0.493 e. The maximum atomic E-state index is 12.0. The summed E-state index contributed by atoms with van der Waals surface area (Å²) in [6.07, 6.45) is 4.28. The Morgan fingerprint density at radius 1 is 1.53 bits per heavy atom. The minimum absolute atomic E-state index is 0.0132. The van der Waals surface area contributed by atoms with Crippen molar-refractivity contribution in [2.24, 2.45) is 5.73 Å². The van der Waals surface area contributed by atoms with Crippen LogP contribution < -0.4 is 10.5 Å². The smallest absolute Gasteiger partial charge is 0.246 e. The van der Waals surface area contributed by atoms with Gasteiger partial charge < -0.3 is 15.4 Å². The highest BCUT2D eigenvalue weighted by Gasteiger charge is 2.21. The molecule has 1 aromatic rings. The number of ether oxygens (including phenoxy) is 1. The summed E-state index contributed by atoms with van der Waals surface area (Å²) >= 11 is 0. The van der Waals surface area contributed by atoms with Crippen LogP contribution in [0.3, 0.4) is 0 Å². The Kier molecular flexibility index (Phi) is 4.58. The summed E-state index contributed by atoms with van der Waals surface area (Å²) in [4.78, 5) is 13.8. The first kappa shape index (κ1) is 13.6. The number of benzene rings is 1. The maximum absolute atomic E-state index is 12.0. The SMILES string of the molecule is CCOc1ccccc1/C=C/C(=O)N1CC[C@H](N)C1. The molecule has 1 fully saturated rings. The van der Waals surface area contributed by atoms with Crippen molar-refractivity contribution in [3.8, 4) is 5.75 Å². The Bertz CT molecular complexity index is 471. The standard InChI is InChI=1S/C15H20N2O2/c1-2-19-14-6-4-3-5-12(14)7-8-15(18)17-10-9-13(16)11-17/h3-8,13H,2,9-11,16H2,1H3/b8-7+/t13-/m0/s1. The summed E-state index contributed by atoms with van der Waals surface area (Å²) in [5, 5.41) is 0. The third-order valence-corrected chi connectivity index (χ3v) is 3.16. The lowest BCUT2D eigenvalue weighted by Crippen LogP contribution is -2.30. The van der Waals surface area contributed by atoms with Gasteiger partial charge in [-0.3, -0.25) is 4.79 Å². The zero-order valence-corrected chi connectivity index (χ0v) is 11.2. The molecule has 2 N–H and O–H groups in total. The fourth-order valence-electron chi connectivity index (χ4n) is 2.16. The average molecular weight is 260 g/mol. The number of rotatable bonds is 4. The lowest BCUT2D eigenvalue weighted by atomic mass is 10.2. The van der Waals surface area contributed by atoms with E-state index in [0.29, 0.717) is 13.2 Å². The number of carbonyl (C=O) groups is 1. The van der Waals surface area contributed by atoms with Crippen LogP contribution in [0.5, 0.6) is 5.75 Å². The molecule has 1 heterocycles. The molecule has 1 aliphatic rings. The largest absolute Gasteiger partial charge is 0.493 e. The van der Waals surface area contributed by atoms with Crippen LogP contribution in [-0.4, -0.2) is 36.5 Å². The number of nitrogens with two attached hydrogens (primary N) is 1. The van der Waals surface area contributed by atoms with Crippen molar-refractivity contribution in [3.63, 3.8) is 0 Å². The predicted molar refractivity (Wildman–Crippen MR) is 75.8 cm³/mol. The van der Waals surface area contributed by atoms with E-state index in [1.54, 1.807) is 17.1 Å². The van der Waals surface area contributed by atoms with Gasteiger partial charge in [-0.1, -0.05) is 18.2 Å². The number of para-hydroxylation sites is 1. The van der Waals surface area contributed by atoms with Gasteiger partial charge in [0.15, 0.2) is 0 Å². The van der Waals surface area contributed by atoms with Crippen molar-refractivity contribution >= 4 is 12.0 Å². The van der Waals surface area contributed by atoms with Crippen molar-refractivity contribution in [2.75, 3.05) is 19.7 Å². The molecule has 19 heavy (non-hydrogen) atoms. The lowest BCUT2D eigenvalue weighted by molar-refractivity contribution is -0.124. The van der Waals surface area contributed by atoms with E-state index in [0.717, 1.165) is 24.3 Å². The van der Waals surface area contributed by atoms with Gasteiger partial charge in [-0.25, -0.2) is 0 Å². The summed E-state index contributed by atoms with van der Waals surface area (Å²) < 4.78 is 5.52. The van der Waals surface area contributed by atoms with Gasteiger partial charge >= 0.3 is 0 Å². The highest BCUT2D eigenvalue weighted by Crippen LogP contribution is 2.19. The first-order valence-electron chi connectivity index (χ1n) is 6.65. The fourth-order valence-corrected chi connectivity index (χ4v) is 2.16. The van der Waals surface area contributed by atoms with Crippen LogP contribution in [0.15, 0.2) is 30.3 Å². The zero-order valence-electron chi connectivity index (χ0n) is 11.2. The Morgan fingerprint density at radius 2 is 2.32 bits per heavy atom. The monoisotopic (exact) mass is 260 g/mol. The number of likely N-dealkylation sites (tertiary alicyclic amines) is 1. The van der Waals surface area contributed by atoms with Crippen molar-refractivity contribution < 1.29 is 9.53 Å². The molecule has 0 bridgehead atoms. The van der Waals surface area contributed by atoms with Crippen molar-refractivity contribution in [2.45, 2.75) is 19.4 Å². The highest BCUT2D eigenvalue weighted by atomic mass is 16.5. The molecule has 0 aromatic heterocycles. The van der Waals surface area contributed by atoms with E-state index in [2.05, 4.69) is 0 Å². The lowest BCUT2D eigenvalue weighted by Gasteiger charge is -2.13. The third-order valence-electron chi connectivity index (χ3n) is 3.16. The molecule has 1 aliphatic heterocycles. The number of nitrogens with zero attached hydrogens (tertiary/aromatic N) is 1. The molecule has 4 heteroatoms. The number of carbonyl (C=O) groups excluding carboxylic acids is 1. The van der Waals surface area contributed by atoms with Gasteiger partial charge in [0.05, 0.1) is 6.61 Å². The molecule has 102 valence electrons. The molecule has 0 spiro atoms. The highest BCUT2D eigenvalue weighted by molar-refractivity contribution is 5.92. The van der Waals surface area contributed by atoms with Gasteiger partial charge in [0.2, 0.25) is 5.91 Å².